The minimum absolute atomic E-state index is 0.121. The molecular weight excluding hydrogens is 206 g/mol. The molecule has 0 saturated carbocycles. The average Bonchev–Trinajstić information content (AvgIpc) is 2.43. The van der Waals surface area contributed by atoms with E-state index in [4.69, 9.17) is 10.5 Å². The number of hydrogen-bond acceptors (Lipinski definition) is 4. The van der Waals surface area contributed by atoms with Crippen molar-refractivity contribution in [2.75, 3.05) is 5.73 Å². The van der Waals surface area contributed by atoms with Gasteiger partial charge in [-0.05, 0) is 34.6 Å². The Morgan fingerprint density at radius 1 is 1.50 bits per heavy atom. The van der Waals surface area contributed by atoms with E-state index in [2.05, 4.69) is 5.10 Å². The Hall–Kier alpha value is -1.52. The van der Waals surface area contributed by atoms with Gasteiger partial charge in [0.2, 0.25) is 0 Å². The number of hydrogen-bond donors (Lipinski definition) is 1. The number of anilines is 1. The highest BCUT2D eigenvalue weighted by Crippen LogP contribution is 2.19. The maximum Gasteiger partial charge on any atom is 0.344 e. The molecule has 5 nitrogen and oxygen atoms in total. The summed E-state index contributed by atoms with van der Waals surface area (Å²) in [5, 5.41) is 4.06. The van der Waals surface area contributed by atoms with Crippen LogP contribution in [-0.2, 0) is 4.74 Å². The van der Waals surface area contributed by atoms with Crippen molar-refractivity contribution in [1.82, 2.24) is 9.78 Å². The van der Waals surface area contributed by atoms with Crippen LogP contribution in [0.2, 0.25) is 0 Å². The molecule has 2 N–H and O–H groups in total. The highest BCUT2D eigenvalue weighted by Gasteiger charge is 2.22. The quantitative estimate of drug-likeness (QED) is 0.781. The Kier molecular flexibility index (Phi) is 3.26. The largest absolute Gasteiger partial charge is 0.456 e. The molecule has 0 unspecified atom stereocenters. The van der Waals surface area contributed by atoms with E-state index < -0.39 is 11.6 Å². The Bertz CT molecular complexity index is 388. The summed E-state index contributed by atoms with van der Waals surface area (Å²) < 4.78 is 6.82. The summed E-state index contributed by atoms with van der Waals surface area (Å²) in [6, 6.07) is 0.121. The third kappa shape index (κ3) is 2.74. The van der Waals surface area contributed by atoms with Crippen LogP contribution in [0.1, 0.15) is 51.0 Å². The number of nitrogen functional groups attached to an aromatic ring is 1. The number of esters is 1. The number of carbonyl (C=O) groups excluding carboxylic acids is 1. The second kappa shape index (κ2) is 4.15. The molecule has 0 amide bonds. The van der Waals surface area contributed by atoms with Crippen molar-refractivity contribution in [2.24, 2.45) is 0 Å². The van der Waals surface area contributed by atoms with Crippen LogP contribution in [0, 0.1) is 0 Å². The highest BCUT2D eigenvalue weighted by atomic mass is 16.6. The van der Waals surface area contributed by atoms with Gasteiger partial charge in [-0.2, -0.15) is 5.10 Å². The first-order valence-corrected chi connectivity index (χ1v) is 5.28. The van der Waals surface area contributed by atoms with Gasteiger partial charge in [0.15, 0.2) is 0 Å². The first-order chi connectivity index (χ1) is 7.22. The molecule has 0 aliphatic rings. The Morgan fingerprint density at radius 2 is 2.06 bits per heavy atom. The van der Waals surface area contributed by atoms with E-state index in [1.165, 1.54) is 6.20 Å². The number of nitrogens with zero attached hydrogens (tertiary/aromatic N) is 2. The number of rotatable bonds is 2. The molecule has 0 aliphatic carbocycles. The fourth-order valence-electron chi connectivity index (χ4n) is 1.27. The third-order valence-corrected chi connectivity index (χ3v) is 1.94. The molecule has 0 spiro atoms. The summed E-state index contributed by atoms with van der Waals surface area (Å²) >= 11 is 0. The minimum Gasteiger partial charge on any atom is -0.456 e. The first-order valence-electron chi connectivity index (χ1n) is 5.28. The van der Waals surface area contributed by atoms with E-state index in [-0.39, 0.29) is 6.04 Å². The van der Waals surface area contributed by atoms with Gasteiger partial charge < -0.3 is 10.5 Å². The monoisotopic (exact) mass is 225 g/mol. The van der Waals surface area contributed by atoms with Gasteiger partial charge in [0.05, 0.1) is 6.20 Å². The summed E-state index contributed by atoms with van der Waals surface area (Å²) in [5.74, 6) is -0.0823. The molecule has 1 rings (SSSR count). The Balaban J connectivity index is 2.94. The number of ether oxygens (including phenoxy) is 1. The van der Waals surface area contributed by atoms with E-state index in [0.717, 1.165) is 0 Å². The molecule has 5 heteroatoms. The zero-order chi connectivity index (χ0) is 12.5. The molecular formula is C11H19N3O2. The van der Waals surface area contributed by atoms with E-state index in [0.29, 0.717) is 11.4 Å². The van der Waals surface area contributed by atoms with Gasteiger partial charge in [-0.3, -0.25) is 0 Å². The summed E-state index contributed by atoms with van der Waals surface area (Å²) in [4.78, 5) is 11.8. The maximum atomic E-state index is 11.8. The SMILES string of the molecule is CC(C)n1ncc(C(=O)OC(C)(C)C)c1N. The van der Waals surface area contributed by atoms with Crippen LogP contribution in [0.3, 0.4) is 0 Å². The Labute approximate surface area is 95.6 Å². The van der Waals surface area contributed by atoms with Crippen molar-refractivity contribution in [3.8, 4) is 0 Å². The highest BCUT2D eigenvalue weighted by molar-refractivity contribution is 5.94. The lowest BCUT2D eigenvalue weighted by Gasteiger charge is -2.19. The summed E-state index contributed by atoms with van der Waals surface area (Å²) in [7, 11) is 0. The molecule has 0 fully saturated rings. The van der Waals surface area contributed by atoms with Crippen LogP contribution in [0.5, 0.6) is 0 Å². The second-order valence-electron chi connectivity index (χ2n) is 4.98. The predicted octanol–water partition coefficient (Wildman–Crippen LogP) is 2.00. The molecule has 0 saturated heterocycles. The van der Waals surface area contributed by atoms with Crippen molar-refractivity contribution in [3.63, 3.8) is 0 Å². The van der Waals surface area contributed by atoms with Crippen LogP contribution >= 0.6 is 0 Å². The lowest BCUT2D eigenvalue weighted by molar-refractivity contribution is 0.00708. The van der Waals surface area contributed by atoms with Gasteiger partial charge >= 0.3 is 5.97 Å². The van der Waals surface area contributed by atoms with Crippen molar-refractivity contribution in [1.29, 1.82) is 0 Å². The van der Waals surface area contributed by atoms with Gasteiger partial charge in [-0.1, -0.05) is 0 Å². The van der Waals surface area contributed by atoms with Gasteiger partial charge in [0, 0.05) is 6.04 Å². The smallest absolute Gasteiger partial charge is 0.344 e. The average molecular weight is 225 g/mol. The summed E-state index contributed by atoms with van der Waals surface area (Å²) in [6.07, 6.45) is 1.45. The van der Waals surface area contributed by atoms with Crippen LogP contribution in [0.4, 0.5) is 5.82 Å². The van der Waals surface area contributed by atoms with E-state index in [1.54, 1.807) is 4.68 Å². The van der Waals surface area contributed by atoms with Gasteiger partial charge in [-0.15, -0.1) is 0 Å². The minimum atomic E-state index is -0.524. The fourth-order valence-corrected chi connectivity index (χ4v) is 1.27. The Morgan fingerprint density at radius 3 is 2.44 bits per heavy atom. The predicted molar refractivity (Wildman–Crippen MR) is 62.2 cm³/mol. The molecule has 0 aliphatic heterocycles. The molecule has 0 bridgehead atoms. The summed E-state index contributed by atoms with van der Waals surface area (Å²) in [6.45, 7) is 9.33. The first kappa shape index (κ1) is 12.5. The number of nitrogens with two attached hydrogens (primary N) is 1. The molecule has 1 aromatic heterocycles. The maximum absolute atomic E-state index is 11.8. The second-order valence-corrected chi connectivity index (χ2v) is 4.98. The van der Waals surface area contributed by atoms with E-state index in [1.807, 2.05) is 34.6 Å². The normalized spacial score (nSPS) is 11.9. The summed E-state index contributed by atoms with van der Waals surface area (Å²) in [5.41, 5.74) is 5.62. The molecule has 0 radical (unpaired) electrons. The van der Waals surface area contributed by atoms with Gasteiger partial charge in [0.1, 0.15) is 17.0 Å². The van der Waals surface area contributed by atoms with Crippen molar-refractivity contribution in [2.45, 2.75) is 46.3 Å². The standard InChI is InChI=1S/C11H19N3O2/c1-7(2)14-9(12)8(6-13-14)10(15)16-11(3,4)5/h6-7H,12H2,1-5H3. The number of carbonyl (C=O) groups is 1. The van der Waals surface area contributed by atoms with Crippen molar-refractivity contribution in [3.05, 3.63) is 11.8 Å². The van der Waals surface area contributed by atoms with Crippen molar-refractivity contribution < 1.29 is 9.53 Å². The molecule has 1 heterocycles. The fraction of sp³-hybridized carbons (Fsp3) is 0.636. The molecule has 0 aromatic carbocycles. The lowest BCUT2D eigenvalue weighted by Crippen LogP contribution is -2.24. The topological polar surface area (TPSA) is 70.1 Å². The van der Waals surface area contributed by atoms with Crippen molar-refractivity contribution >= 4 is 11.8 Å². The zero-order valence-corrected chi connectivity index (χ0v) is 10.4. The molecule has 90 valence electrons. The van der Waals surface area contributed by atoms with Crippen LogP contribution < -0.4 is 5.73 Å². The third-order valence-electron chi connectivity index (χ3n) is 1.94. The molecule has 0 atom stereocenters. The van der Waals surface area contributed by atoms with Crippen LogP contribution in [-0.4, -0.2) is 21.4 Å². The van der Waals surface area contributed by atoms with Gasteiger partial charge in [-0.25, -0.2) is 9.48 Å². The molecule has 16 heavy (non-hydrogen) atoms. The lowest BCUT2D eigenvalue weighted by atomic mass is 10.2. The zero-order valence-electron chi connectivity index (χ0n) is 10.4. The van der Waals surface area contributed by atoms with Crippen LogP contribution in [0.25, 0.3) is 0 Å². The van der Waals surface area contributed by atoms with E-state index in [9.17, 15) is 4.79 Å². The van der Waals surface area contributed by atoms with Crippen LogP contribution in [0.15, 0.2) is 6.20 Å². The van der Waals surface area contributed by atoms with Gasteiger partial charge in [0.25, 0.3) is 0 Å². The number of aromatic nitrogens is 2. The molecule has 1 aromatic rings. The van der Waals surface area contributed by atoms with E-state index >= 15 is 0 Å².